The number of halogens is 1. The lowest BCUT2D eigenvalue weighted by molar-refractivity contribution is -0.0586. The molecule has 1 amide bonds. The zero-order chi connectivity index (χ0) is 17.8. The Morgan fingerprint density at radius 3 is 2.40 bits per heavy atom. The normalized spacial score (nSPS) is 20.4. The average Bonchev–Trinajstić information content (AvgIpc) is 2.60. The van der Waals surface area contributed by atoms with Crippen molar-refractivity contribution >= 4 is 21.8 Å². The van der Waals surface area contributed by atoms with Crippen molar-refractivity contribution in [3.8, 4) is 5.75 Å². The van der Waals surface area contributed by atoms with E-state index >= 15 is 0 Å². The molecule has 0 bridgehead atoms. The summed E-state index contributed by atoms with van der Waals surface area (Å²) in [6.07, 6.45) is 0.148. The molecule has 132 valence electrons. The van der Waals surface area contributed by atoms with Gasteiger partial charge in [0.15, 0.2) is 0 Å². The van der Waals surface area contributed by atoms with Crippen LogP contribution in [-0.4, -0.2) is 36.1 Å². The third-order valence-corrected chi connectivity index (χ3v) is 4.79. The van der Waals surface area contributed by atoms with Crippen molar-refractivity contribution in [1.82, 2.24) is 4.90 Å². The zero-order valence-corrected chi connectivity index (χ0v) is 16.0. The number of morpholine rings is 1. The van der Waals surface area contributed by atoms with Crippen LogP contribution in [0.5, 0.6) is 5.75 Å². The molecule has 0 N–H and O–H groups in total. The van der Waals surface area contributed by atoms with Gasteiger partial charge in [0.25, 0.3) is 5.91 Å². The van der Waals surface area contributed by atoms with Gasteiger partial charge < -0.3 is 14.4 Å². The minimum absolute atomic E-state index is 0.0558. The van der Waals surface area contributed by atoms with E-state index in [-0.39, 0.29) is 18.1 Å². The van der Waals surface area contributed by atoms with Gasteiger partial charge in [-0.3, -0.25) is 4.79 Å². The second-order valence-corrected chi connectivity index (χ2v) is 7.24. The maximum absolute atomic E-state index is 12.7. The summed E-state index contributed by atoms with van der Waals surface area (Å²) >= 11 is 3.47. The van der Waals surface area contributed by atoms with Gasteiger partial charge in [0.1, 0.15) is 12.4 Å². The molecule has 2 atom stereocenters. The van der Waals surface area contributed by atoms with Gasteiger partial charge >= 0.3 is 0 Å². The number of ether oxygens (including phenoxy) is 2. The van der Waals surface area contributed by atoms with Crippen molar-refractivity contribution in [3.05, 3.63) is 64.1 Å². The van der Waals surface area contributed by atoms with Gasteiger partial charge in [-0.25, -0.2) is 0 Å². The monoisotopic (exact) mass is 403 g/mol. The molecule has 0 radical (unpaired) electrons. The number of hydrogen-bond donors (Lipinski definition) is 0. The van der Waals surface area contributed by atoms with Gasteiger partial charge in [-0.05, 0) is 59.6 Å². The number of carbonyl (C=O) groups is 1. The van der Waals surface area contributed by atoms with E-state index in [9.17, 15) is 4.79 Å². The first-order valence-corrected chi connectivity index (χ1v) is 9.23. The number of carbonyl (C=O) groups excluding carboxylic acids is 1. The van der Waals surface area contributed by atoms with E-state index in [1.54, 1.807) is 0 Å². The van der Waals surface area contributed by atoms with Crippen molar-refractivity contribution in [2.75, 3.05) is 13.1 Å². The first-order chi connectivity index (χ1) is 12.0. The van der Waals surface area contributed by atoms with E-state index in [0.29, 0.717) is 25.3 Å². The number of hydrogen-bond acceptors (Lipinski definition) is 3. The zero-order valence-electron chi connectivity index (χ0n) is 14.4. The maximum atomic E-state index is 12.7. The maximum Gasteiger partial charge on any atom is 0.254 e. The van der Waals surface area contributed by atoms with E-state index in [1.807, 2.05) is 67.3 Å². The van der Waals surface area contributed by atoms with Gasteiger partial charge in [0.2, 0.25) is 0 Å². The van der Waals surface area contributed by atoms with Crippen LogP contribution in [0.25, 0.3) is 0 Å². The van der Waals surface area contributed by atoms with Crippen LogP contribution in [0.2, 0.25) is 0 Å². The molecule has 1 aliphatic heterocycles. The van der Waals surface area contributed by atoms with E-state index in [2.05, 4.69) is 15.9 Å². The van der Waals surface area contributed by atoms with Crippen LogP contribution in [0.15, 0.2) is 53.0 Å². The fourth-order valence-electron chi connectivity index (χ4n) is 2.99. The van der Waals surface area contributed by atoms with Crippen LogP contribution in [0.3, 0.4) is 0 Å². The predicted octanol–water partition coefficient (Wildman–Crippen LogP) is 4.28. The summed E-state index contributed by atoms with van der Waals surface area (Å²) in [4.78, 5) is 14.5. The summed E-state index contributed by atoms with van der Waals surface area (Å²) in [6.45, 7) is 5.73. The minimum Gasteiger partial charge on any atom is -0.488 e. The molecule has 2 unspecified atom stereocenters. The van der Waals surface area contributed by atoms with Crippen LogP contribution in [-0.2, 0) is 11.3 Å². The lowest BCUT2D eigenvalue weighted by Gasteiger charge is -2.35. The van der Waals surface area contributed by atoms with Gasteiger partial charge in [-0.2, -0.15) is 0 Å². The van der Waals surface area contributed by atoms with Crippen molar-refractivity contribution in [3.63, 3.8) is 0 Å². The summed E-state index contributed by atoms with van der Waals surface area (Å²) in [5.41, 5.74) is 1.72. The largest absolute Gasteiger partial charge is 0.488 e. The highest BCUT2D eigenvalue weighted by atomic mass is 79.9. The Hall–Kier alpha value is -1.85. The lowest BCUT2D eigenvalue weighted by Crippen LogP contribution is -2.48. The quantitative estimate of drug-likeness (QED) is 0.764. The van der Waals surface area contributed by atoms with Crippen molar-refractivity contribution < 1.29 is 14.3 Å². The molecule has 0 saturated carbocycles. The molecular formula is C20H22BrNO3. The Kier molecular flexibility index (Phi) is 5.76. The third-order valence-electron chi connectivity index (χ3n) is 4.14. The number of amides is 1. The van der Waals surface area contributed by atoms with Crippen LogP contribution >= 0.6 is 15.9 Å². The molecule has 4 nitrogen and oxygen atoms in total. The summed E-state index contributed by atoms with van der Waals surface area (Å²) < 4.78 is 12.4. The Balaban J connectivity index is 1.62. The number of rotatable bonds is 4. The van der Waals surface area contributed by atoms with Crippen molar-refractivity contribution in [2.45, 2.75) is 32.7 Å². The molecule has 2 aromatic carbocycles. The van der Waals surface area contributed by atoms with Crippen LogP contribution in [0.1, 0.15) is 29.8 Å². The average molecular weight is 404 g/mol. The van der Waals surface area contributed by atoms with Gasteiger partial charge in [-0.1, -0.05) is 24.3 Å². The predicted molar refractivity (Wildman–Crippen MR) is 101 cm³/mol. The third kappa shape index (κ3) is 4.61. The van der Waals surface area contributed by atoms with Crippen LogP contribution in [0, 0.1) is 0 Å². The lowest BCUT2D eigenvalue weighted by atomic mass is 10.1. The number of benzene rings is 2. The van der Waals surface area contributed by atoms with E-state index < -0.39 is 0 Å². The molecule has 0 aromatic heterocycles. The molecule has 25 heavy (non-hydrogen) atoms. The van der Waals surface area contributed by atoms with Gasteiger partial charge in [0.05, 0.1) is 16.7 Å². The Labute approximate surface area is 156 Å². The number of nitrogens with zero attached hydrogens (tertiary/aromatic N) is 1. The van der Waals surface area contributed by atoms with Gasteiger partial charge in [-0.15, -0.1) is 0 Å². The van der Waals surface area contributed by atoms with Crippen molar-refractivity contribution in [2.24, 2.45) is 0 Å². The topological polar surface area (TPSA) is 38.8 Å². The molecule has 1 heterocycles. The molecule has 2 aromatic rings. The number of para-hydroxylation sites is 1. The Bertz CT molecular complexity index is 722. The second-order valence-electron chi connectivity index (χ2n) is 6.38. The summed E-state index contributed by atoms with van der Waals surface area (Å²) in [7, 11) is 0. The highest BCUT2D eigenvalue weighted by Gasteiger charge is 2.26. The fourth-order valence-corrected chi connectivity index (χ4v) is 3.39. The molecular weight excluding hydrogens is 382 g/mol. The SMILES string of the molecule is CC1CN(C(=O)c2ccc(COc3ccccc3Br)cc2)CC(C)O1. The minimum atomic E-state index is 0.0558. The van der Waals surface area contributed by atoms with Gasteiger partial charge in [0, 0.05) is 18.7 Å². The molecule has 3 rings (SSSR count). The van der Waals surface area contributed by atoms with Crippen LogP contribution < -0.4 is 4.74 Å². The van der Waals surface area contributed by atoms with Crippen LogP contribution in [0.4, 0.5) is 0 Å². The molecule has 1 aliphatic rings. The Morgan fingerprint density at radius 2 is 1.76 bits per heavy atom. The highest BCUT2D eigenvalue weighted by molar-refractivity contribution is 9.10. The smallest absolute Gasteiger partial charge is 0.254 e. The van der Waals surface area contributed by atoms with E-state index in [0.717, 1.165) is 15.8 Å². The highest BCUT2D eigenvalue weighted by Crippen LogP contribution is 2.24. The molecule has 1 fully saturated rings. The second kappa shape index (κ2) is 8.02. The summed E-state index contributed by atoms with van der Waals surface area (Å²) in [6, 6.07) is 15.4. The molecule has 1 saturated heterocycles. The first-order valence-electron chi connectivity index (χ1n) is 8.44. The Morgan fingerprint density at radius 1 is 1.12 bits per heavy atom. The van der Waals surface area contributed by atoms with E-state index in [1.165, 1.54) is 0 Å². The van der Waals surface area contributed by atoms with Crippen molar-refractivity contribution in [1.29, 1.82) is 0 Å². The first kappa shape index (κ1) is 18.0. The van der Waals surface area contributed by atoms with E-state index in [4.69, 9.17) is 9.47 Å². The fraction of sp³-hybridized carbons (Fsp3) is 0.350. The summed E-state index contributed by atoms with van der Waals surface area (Å²) in [5.74, 6) is 0.860. The molecule has 0 spiro atoms. The summed E-state index contributed by atoms with van der Waals surface area (Å²) in [5, 5.41) is 0. The molecule has 0 aliphatic carbocycles. The molecule has 5 heteroatoms. The standard InChI is InChI=1S/C20H22BrNO3/c1-14-11-22(12-15(2)25-14)20(23)17-9-7-16(8-10-17)13-24-19-6-4-3-5-18(19)21/h3-10,14-15H,11-13H2,1-2H3.